The number of hydrogen-bond donors (Lipinski definition) is 1. The molecule has 0 bridgehead atoms. The van der Waals surface area contributed by atoms with Gasteiger partial charge in [0, 0.05) is 18.6 Å². The third kappa shape index (κ3) is 3.80. The zero-order chi connectivity index (χ0) is 13.8. The van der Waals surface area contributed by atoms with E-state index in [-0.39, 0.29) is 6.04 Å². The van der Waals surface area contributed by atoms with Crippen molar-refractivity contribution in [3.8, 4) is 0 Å². The fourth-order valence-electron chi connectivity index (χ4n) is 3.39. The van der Waals surface area contributed by atoms with Gasteiger partial charge < -0.3 is 5.73 Å². The van der Waals surface area contributed by atoms with E-state index >= 15 is 0 Å². The van der Waals surface area contributed by atoms with Gasteiger partial charge in [-0.05, 0) is 48.1 Å². The molecule has 0 saturated heterocycles. The van der Waals surface area contributed by atoms with Crippen LogP contribution in [0.3, 0.4) is 0 Å². The van der Waals surface area contributed by atoms with Crippen LogP contribution in [0.15, 0.2) is 16.8 Å². The van der Waals surface area contributed by atoms with E-state index in [1.54, 1.807) is 11.3 Å². The normalized spacial score (nSPS) is 20.3. The van der Waals surface area contributed by atoms with E-state index < -0.39 is 0 Å². The molecule has 0 spiro atoms. The summed E-state index contributed by atoms with van der Waals surface area (Å²) in [4.78, 5) is 2.70. The molecule has 2 nitrogen and oxygen atoms in total. The monoisotopic (exact) mass is 280 g/mol. The maximum absolute atomic E-state index is 6.34. The molecular formula is C16H28N2S. The van der Waals surface area contributed by atoms with Crippen LogP contribution in [-0.4, -0.2) is 23.5 Å². The Morgan fingerprint density at radius 2 is 2.00 bits per heavy atom. The minimum absolute atomic E-state index is 0.189. The molecule has 1 aliphatic carbocycles. The fraction of sp³-hybridized carbons (Fsp3) is 0.750. The molecule has 1 saturated carbocycles. The van der Waals surface area contributed by atoms with E-state index in [2.05, 4.69) is 42.5 Å². The SMILES string of the molecule is CC(C)CN(C1CCCC1)C(c1ccsc1)C(C)N. The lowest BCUT2D eigenvalue weighted by molar-refractivity contribution is 0.104. The highest BCUT2D eigenvalue weighted by Gasteiger charge is 2.32. The maximum Gasteiger partial charge on any atom is 0.0507 e. The summed E-state index contributed by atoms with van der Waals surface area (Å²) in [5, 5.41) is 4.45. The molecule has 1 aromatic heterocycles. The van der Waals surface area contributed by atoms with E-state index in [0.29, 0.717) is 12.0 Å². The zero-order valence-electron chi connectivity index (χ0n) is 12.5. The minimum Gasteiger partial charge on any atom is -0.326 e. The fourth-order valence-corrected chi connectivity index (χ4v) is 4.08. The second kappa shape index (κ2) is 6.87. The van der Waals surface area contributed by atoms with E-state index in [1.165, 1.54) is 31.2 Å². The summed E-state index contributed by atoms with van der Waals surface area (Å²) in [5.41, 5.74) is 7.74. The Labute approximate surface area is 122 Å². The summed E-state index contributed by atoms with van der Waals surface area (Å²) in [6.45, 7) is 7.94. The third-order valence-electron chi connectivity index (χ3n) is 4.11. The lowest BCUT2D eigenvalue weighted by Crippen LogP contribution is -2.45. The highest BCUT2D eigenvalue weighted by molar-refractivity contribution is 7.07. The molecule has 2 rings (SSSR count). The van der Waals surface area contributed by atoms with Crippen LogP contribution in [0, 0.1) is 5.92 Å². The molecule has 3 heteroatoms. The van der Waals surface area contributed by atoms with Crippen molar-refractivity contribution in [2.75, 3.05) is 6.54 Å². The van der Waals surface area contributed by atoms with Gasteiger partial charge in [-0.15, -0.1) is 0 Å². The average molecular weight is 280 g/mol. The molecule has 108 valence electrons. The standard InChI is InChI=1S/C16H28N2S/c1-12(2)10-18(15-6-4-5-7-15)16(13(3)17)14-8-9-19-11-14/h8-9,11-13,15-16H,4-7,10,17H2,1-3H3. The van der Waals surface area contributed by atoms with Gasteiger partial charge in [0.2, 0.25) is 0 Å². The van der Waals surface area contributed by atoms with Gasteiger partial charge in [-0.25, -0.2) is 0 Å². The Balaban J connectivity index is 2.22. The van der Waals surface area contributed by atoms with Gasteiger partial charge in [0.05, 0.1) is 6.04 Å². The van der Waals surface area contributed by atoms with Crippen LogP contribution in [0.25, 0.3) is 0 Å². The Kier molecular flexibility index (Phi) is 5.43. The molecule has 0 aliphatic heterocycles. The van der Waals surface area contributed by atoms with E-state index in [9.17, 15) is 0 Å². The maximum atomic E-state index is 6.34. The highest BCUT2D eigenvalue weighted by atomic mass is 32.1. The van der Waals surface area contributed by atoms with Crippen LogP contribution in [0.2, 0.25) is 0 Å². The topological polar surface area (TPSA) is 29.3 Å². The first-order valence-electron chi connectivity index (χ1n) is 7.63. The molecule has 0 amide bonds. The van der Waals surface area contributed by atoms with Crippen LogP contribution >= 0.6 is 11.3 Å². The summed E-state index contributed by atoms with van der Waals surface area (Å²) in [6.07, 6.45) is 5.46. The van der Waals surface area contributed by atoms with Crippen molar-refractivity contribution in [3.05, 3.63) is 22.4 Å². The molecule has 1 aliphatic rings. The molecule has 2 atom stereocenters. The Bertz CT molecular complexity index is 353. The van der Waals surface area contributed by atoms with Crippen LogP contribution in [0.1, 0.15) is 58.1 Å². The summed E-state index contributed by atoms with van der Waals surface area (Å²) >= 11 is 1.78. The molecular weight excluding hydrogens is 252 g/mol. The zero-order valence-corrected chi connectivity index (χ0v) is 13.3. The first-order chi connectivity index (χ1) is 9.09. The second-order valence-electron chi connectivity index (χ2n) is 6.39. The van der Waals surface area contributed by atoms with Crippen molar-refractivity contribution in [1.29, 1.82) is 0 Å². The van der Waals surface area contributed by atoms with Gasteiger partial charge >= 0.3 is 0 Å². The number of thiophene rings is 1. The Morgan fingerprint density at radius 1 is 1.32 bits per heavy atom. The highest BCUT2D eigenvalue weighted by Crippen LogP contribution is 2.34. The number of nitrogens with zero attached hydrogens (tertiary/aromatic N) is 1. The van der Waals surface area contributed by atoms with Crippen LogP contribution in [0.4, 0.5) is 0 Å². The van der Waals surface area contributed by atoms with E-state index in [4.69, 9.17) is 5.73 Å². The van der Waals surface area contributed by atoms with Crippen LogP contribution in [0.5, 0.6) is 0 Å². The second-order valence-corrected chi connectivity index (χ2v) is 7.17. The number of hydrogen-bond acceptors (Lipinski definition) is 3. The predicted molar refractivity (Wildman–Crippen MR) is 84.5 cm³/mol. The van der Waals surface area contributed by atoms with Gasteiger partial charge in [-0.1, -0.05) is 26.7 Å². The van der Waals surface area contributed by atoms with E-state index in [0.717, 1.165) is 12.6 Å². The van der Waals surface area contributed by atoms with Crippen molar-refractivity contribution in [2.24, 2.45) is 11.7 Å². The van der Waals surface area contributed by atoms with Crippen molar-refractivity contribution >= 4 is 11.3 Å². The molecule has 2 N–H and O–H groups in total. The first-order valence-corrected chi connectivity index (χ1v) is 8.57. The lowest BCUT2D eigenvalue weighted by atomic mass is 9.97. The summed E-state index contributed by atoms with van der Waals surface area (Å²) in [5.74, 6) is 0.695. The number of nitrogens with two attached hydrogens (primary N) is 1. The molecule has 19 heavy (non-hydrogen) atoms. The summed E-state index contributed by atoms with van der Waals surface area (Å²) in [7, 11) is 0. The molecule has 0 radical (unpaired) electrons. The minimum atomic E-state index is 0.189. The van der Waals surface area contributed by atoms with E-state index in [1.807, 2.05) is 0 Å². The Morgan fingerprint density at radius 3 is 2.47 bits per heavy atom. The van der Waals surface area contributed by atoms with Crippen molar-refractivity contribution in [1.82, 2.24) is 4.90 Å². The van der Waals surface area contributed by atoms with Crippen molar-refractivity contribution < 1.29 is 0 Å². The molecule has 2 unspecified atom stereocenters. The Hall–Kier alpha value is -0.380. The number of rotatable bonds is 6. The van der Waals surface area contributed by atoms with Gasteiger partial charge in [0.25, 0.3) is 0 Å². The summed E-state index contributed by atoms with van der Waals surface area (Å²) in [6, 6.07) is 3.56. The van der Waals surface area contributed by atoms with Gasteiger partial charge in [-0.3, -0.25) is 4.90 Å². The predicted octanol–water partition coefficient (Wildman–Crippen LogP) is 4.04. The molecule has 1 heterocycles. The molecule has 0 aromatic carbocycles. The smallest absolute Gasteiger partial charge is 0.0507 e. The van der Waals surface area contributed by atoms with Gasteiger partial charge in [-0.2, -0.15) is 11.3 Å². The van der Waals surface area contributed by atoms with Crippen molar-refractivity contribution in [2.45, 2.75) is 64.6 Å². The third-order valence-corrected chi connectivity index (χ3v) is 4.81. The average Bonchev–Trinajstić information content (AvgIpc) is 3.00. The van der Waals surface area contributed by atoms with Crippen LogP contribution in [-0.2, 0) is 0 Å². The molecule has 1 fully saturated rings. The lowest BCUT2D eigenvalue weighted by Gasteiger charge is -2.39. The first kappa shape index (κ1) is 15.0. The van der Waals surface area contributed by atoms with Crippen molar-refractivity contribution in [3.63, 3.8) is 0 Å². The quantitative estimate of drug-likeness (QED) is 0.852. The molecule has 1 aromatic rings. The van der Waals surface area contributed by atoms with Crippen LogP contribution < -0.4 is 5.73 Å². The summed E-state index contributed by atoms with van der Waals surface area (Å²) < 4.78 is 0. The largest absolute Gasteiger partial charge is 0.326 e. The van der Waals surface area contributed by atoms with Gasteiger partial charge in [0.15, 0.2) is 0 Å². The van der Waals surface area contributed by atoms with Gasteiger partial charge in [0.1, 0.15) is 0 Å².